The Morgan fingerprint density at radius 2 is 2.24 bits per heavy atom. The van der Waals surface area contributed by atoms with Gasteiger partial charge in [0.1, 0.15) is 5.75 Å². The van der Waals surface area contributed by atoms with Crippen molar-refractivity contribution in [3.05, 3.63) is 28.8 Å². The first-order valence-electron chi connectivity index (χ1n) is 5.39. The molecule has 94 valence electrons. The minimum atomic E-state index is 0.662. The van der Waals surface area contributed by atoms with Crippen molar-refractivity contribution in [2.75, 3.05) is 20.7 Å². The van der Waals surface area contributed by atoms with Crippen LogP contribution in [0.25, 0.3) is 0 Å². The molecule has 0 radical (unpaired) electrons. The lowest BCUT2D eigenvalue weighted by molar-refractivity contribution is 0.397. The van der Waals surface area contributed by atoms with Crippen molar-refractivity contribution in [3.8, 4) is 5.75 Å². The lowest BCUT2D eigenvalue weighted by Crippen LogP contribution is -2.36. The summed E-state index contributed by atoms with van der Waals surface area (Å²) >= 11 is 11.2. The maximum atomic E-state index is 5.98. The summed E-state index contributed by atoms with van der Waals surface area (Å²) in [7, 11) is 3.58. The van der Waals surface area contributed by atoms with Gasteiger partial charge in [-0.15, -0.1) is 0 Å². The van der Waals surface area contributed by atoms with Crippen LogP contribution in [0.3, 0.4) is 0 Å². The van der Waals surface area contributed by atoms with Gasteiger partial charge in [0.15, 0.2) is 5.11 Å². The summed E-state index contributed by atoms with van der Waals surface area (Å²) in [5.41, 5.74) is 1.02. The fourth-order valence-electron chi connectivity index (χ4n) is 1.48. The molecule has 0 fully saturated rings. The van der Waals surface area contributed by atoms with Crippen molar-refractivity contribution in [2.45, 2.75) is 13.5 Å². The van der Waals surface area contributed by atoms with E-state index in [0.717, 1.165) is 23.0 Å². The summed E-state index contributed by atoms with van der Waals surface area (Å²) in [4.78, 5) is 1.95. The van der Waals surface area contributed by atoms with Crippen LogP contribution in [0.1, 0.15) is 12.5 Å². The van der Waals surface area contributed by atoms with E-state index in [9.17, 15) is 0 Å². The first-order chi connectivity index (χ1) is 8.08. The van der Waals surface area contributed by atoms with Crippen molar-refractivity contribution in [1.29, 1.82) is 0 Å². The first kappa shape index (κ1) is 14.1. The molecule has 0 amide bonds. The molecule has 3 nitrogen and oxygen atoms in total. The molecule has 17 heavy (non-hydrogen) atoms. The number of ether oxygens (including phenoxy) is 1. The van der Waals surface area contributed by atoms with Crippen LogP contribution < -0.4 is 10.1 Å². The molecule has 0 spiro atoms. The normalized spacial score (nSPS) is 9.88. The van der Waals surface area contributed by atoms with E-state index in [1.807, 2.05) is 37.1 Å². The molecule has 0 aliphatic carbocycles. The summed E-state index contributed by atoms with van der Waals surface area (Å²) in [6, 6.07) is 5.57. The fraction of sp³-hybridized carbons (Fsp3) is 0.417. The summed E-state index contributed by atoms with van der Waals surface area (Å²) in [5, 5.41) is 4.52. The van der Waals surface area contributed by atoms with Gasteiger partial charge in [-0.25, -0.2) is 0 Å². The Morgan fingerprint density at radius 3 is 2.82 bits per heavy atom. The number of hydrogen-bond donors (Lipinski definition) is 1. The lowest BCUT2D eigenvalue weighted by Gasteiger charge is -2.21. The monoisotopic (exact) mass is 272 g/mol. The minimum Gasteiger partial charge on any atom is -0.496 e. The highest BCUT2D eigenvalue weighted by molar-refractivity contribution is 7.80. The van der Waals surface area contributed by atoms with E-state index in [1.54, 1.807) is 7.11 Å². The Bertz CT molecular complexity index is 398. The summed E-state index contributed by atoms with van der Waals surface area (Å²) < 4.78 is 5.29. The van der Waals surface area contributed by atoms with Crippen LogP contribution in [0, 0.1) is 0 Å². The van der Waals surface area contributed by atoms with Gasteiger partial charge in [-0.2, -0.15) is 0 Å². The van der Waals surface area contributed by atoms with Gasteiger partial charge in [0.05, 0.1) is 7.11 Å². The third kappa shape index (κ3) is 4.06. The van der Waals surface area contributed by atoms with Crippen molar-refractivity contribution in [1.82, 2.24) is 10.2 Å². The fourth-order valence-corrected chi connectivity index (χ4v) is 1.89. The van der Waals surface area contributed by atoms with Crippen molar-refractivity contribution in [3.63, 3.8) is 0 Å². The zero-order valence-corrected chi connectivity index (χ0v) is 11.9. The molecular formula is C12H17ClN2OS. The number of thiocarbonyl (C=S) groups is 1. The molecule has 0 saturated heterocycles. The van der Waals surface area contributed by atoms with Crippen LogP contribution in [0.5, 0.6) is 5.75 Å². The molecule has 5 heteroatoms. The standard InChI is InChI=1S/C12H17ClN2OS/c1-4-14-12(17)15(2)8-9-7-10(13)5-6-11(9)16-3/h5-7H,4,8H2,1-3H3,(H,14,17). The molecule has 1 aromatic rings. The molecule has 0 aliphatic rings. The predicted octanol–water partition coefficient (Wildman–Crippen LogP) is 2.67. The molecule has 0 aliphatic heterocycles. The maximum Gasteiger partial charge on any atom is 0.168 e. The third-order valence-electron chi connectivity index (χ3n) is 2.32. The second kappa shape index (κ2) is 6.67. The third-order valence-corrected chi connectivity index (χ3v) is 3.02. The quantitative estimate of drug-likeness (QED) is 0.852. The molecular weight excluding hydrogens is 256 g/mol. The number of methoxy groups -OCH3 is 1. The van der Waals surface area contributed by atoms with E-state index in [1.165, 1.54) is 0 Å². The molecule has 0 saturated carbocycles. The van der Waals surface area contributed by atoms with Crippen LogP contribution in [0.2, 0.25) is 5.02 Å². The van der Waals surface area contributed by atoms with E-state index in [2.05, 4.69) is 5.32 Å². The lowest BCUT2D eigenvalue weighted by atomic mass is 10.2. The molecule has 0 atom stereocenters. The second-order valence-corrected chi connectivity index (χ2v) is 4.47. The van der Waals surface area contributed by atoms with Crippen molar-refractivity contribution in [2.24, 2.45) is 0 Å². The SMILES string of the molecule is CCNC(=S)N(C)Cc1cc(Cl)ccc1OC. The van der Waals surface area contributed by atoms with Gasteiger partial charge in [-0.05, 0) is 37.3 Å². The summed E-state index contributed by atoms with van der Waals surface area (Å²) in [6.07, 6.45) is 0. The van der Waals surface area contributed by atoms with Gasteiger partial charge < -0.3 is 15.0 Å². The molecule has 1 rings (SSSR count). The van der Waals surface area contributed by atoms with Gasteiger partial charge in [0, 0.05) is 30.7 Å². The summed E-state index contributed by atoms with van der Waals surface area (Å²) in [6.45, 7) is 3.49. The number of benzene rings is 1. The van der Waals surface area contributed by atoms with Gasteiger partial charge >= 0.3 is 0 Å². The van der Waals surface area contributed by atoms with Gasteiger partial charge in [0.25, 0.3) is 0 Å². The average Bonchev–Trinajstić information content (AvgIpc) is 2.29. The highest BCUT2D eigenvalue weighted by atomic mass is 35.5. The van der Waals surface area contributed by atoms with Crippen LogP contribution >= 0.6 is 23.8 Å². The maximum absolute atomic E-state index is 5.98. The van der Waals surface area contributed by atoms with Crippen LogP contribution in [-0.2, 0) is 6.54 Å². The van der Waals surface area contributed by atoms with E-state index in [-0.39, 0.29) is 0 Å². The van der Waals surface area contributed by atoms with E-state index < -0.39 is 0 Å². The molecule has 0 heterocycles. The first-order valence-corrected chi connectivity index (χ1v) is 6.18. The summed E-state index contributed by atoms with van der Waals surface area (Å²) in [5.74, 6) is 0.820. The number of nitrogens with zero attached hydrogens (tertiary/aromatic N) is 1. The number of hydrogen-bond acceptors (Lipinski definition) is 2. The van der Waals surface area contributed by atoms with Gasteiger partial charge in [-0.1, -0.05) is 11.6 Å². The Labute approximate surface area is 113 Å². The van der Waals surface area contributed by atoms with E-state index in [4.69, 9.17) is 28.6 Å². The number of rotatable bonds is 4. The van der Waals surface area contributed by atoms with Crippen molar-refractivity contribution < 1.29 is 4.74 Å². The predicted molar refractivity (Wildman–Crippen MR) is 75.7 cm³/mol. The van der Waals surface area contributed by atoms with Gasteiger partial charge in [-0.3, -0.25) is 0 Å². The second-order valence-electron chi connectivity index (χ2n) is 3.65. The molecule has 0 aromatic heterocycles. The largest absolute Gasteiger partial charge is 0.496 e. The van der Waals surface area contributed by atoms with Gasteiger partial charge in [0.2, 0.25) is 0 Å². The molecule has 0 unspecified atom stereocenters. The zero-order chi connectivity index (χ0) is 12.8. The van der Waals surface area contributed by atoms with E-state index in [0.29, 0.717) is 11.6 Å². The van der Waals surface area contributed by atoms with Crippen LogP contribution in [0.4, 0.5) is 0 Å². The molecule has 0 bridgehead atoms. The molecule has 1 N–H and O–H groups in total. The highest BCUT2D eigenvalue weighted by Crippen LogP contribution is 2.23. The van der Waals surface area contributed by atoms with E-state index >= 15 is 0 Å². The van der Waals surface area contributed by atoms with Crippen LogP contribution in [-0.4, -0.2) is 30.7 Å². The topological polar surface area (TPSA) is 24.5 Å². The Morgan fingerprint density at radius 1 is 1.53 bits per heavy atom. The number of halogens is 1. The minimum absolute atomic E-state index is 0.662. The highest BCUT2D eigenvalue weighted by Gasteiger charge is 2.09. The smallest absolute Gasteiger partial charge is 0.168 e. The van der Waals surface area contributed by atoms with Crippen LogP contribution in [0.15, 0.2) is 18.2 Å². The molecule has 1 aromatic carbocycles. The Hall–Kier alpha value is -1.00. The Kier molecular flexibility index (Phi) is 5.51. The zero-order valence-electron chi connectivity index (χ0n) is 10.3. The average molecular weight is 273 g/mol. The number of nitrogens with one attached hydrogen (secondary N) is 1. The Balaban J connectivity index is 2.79. The van der Waals surface area contributed by atoms with Crippen molar-refractivity contribution >= 4 is 28.9 Å².